The molecule has 0 radical (unpaired) electrons. The summed E-state index contributed by atoms with van der Waals surface area (Å²) in [6.45, 7) is 0.0371. The maximum atomic E-state index is 13.9. The Balaban J connectivity index is 1.66. The van der Waals surface area contributed by atoms with Crippen molar-refractivity contribution in [1.82, 2.24) is 4.31 Å². The monoisotopic (exact) mass is 448 g/mol. The van der Waals surface area contributed by atoms with Crippen LogP contribution in [0, 0.1) is 17.6 Å². The zero-order chi connectivity index (χ0) is 20.5. The number of nitrogens with one attached hydrogen (secondary N) is 1. The standard InChI is InChI=1S/C18H16Cl2F2N2O3S/c19-12-1-4-16(14(20)9-12)23-18(25)11-5-7-24(8-6-11)28(26,27)17-10-13(21)2-3-15(17)22/h1-4,9-11H,5-8H2,(H,23,25). The number of hydrogen-bond donors (Lipinski definition) is 1. The third-order valence-electron chi connectivity index (χ3n) is 4.52. The molecule has 0 bridgehead atoms. The fourth-order valence-corrected chi connectivity index (χ4v) is 5.00. The molecule has 1 fully saturated rings. The van der Waals surface area contributed by atoms with E-state index < -0.39 is 32.5 Å². The number of piperidine rings is 1. The maximum Gasteiger partial charge on any atom is 0.246 e. The molecular weight excluding hydrogens is 433 g/mol. The highest BCUT2D eigenvalue weighted by Gasteiger charge is 2.34. The molecule has 1 N–H and O–H groups in total. The Morgan fingerprint density at radius 3 is 2.39 bits per heavy atom. The Morgan fingerprint density at radius 1 is 1.07 bits per heavy atom. The van der Waals surface area contributed by atoms with Crippen LogP contribution in [0.4, 0.5) is 14.5 Å². The van der Waals surface area contributed by atoms with E-state index in [4.69, 9.17) is 23.2 Å². The van der Waals surface area contributed by atoms with Gasteiger partial charge in [-0.25, -0.2) is 17.2 Å². The first-order chi connectivity index (χ1) is 13.2. The molecule has 2 aromatic carbocycles. The average Bonchev–Trinajstić information content (AvgIpc) is 2.66. The summed E-state index contributed by atoms with van der Waals surface area (Å²) in [4.78, 5) is 11.7. The van der Waals surface area contributed by atoms with Crippen LogP contribution in [0.5, 0.6) is 0 Å². The number of carbonyl (C=O) groups excluding carboxylic acids is 1. The summed E-state index contributed by atoms with van der Waals surface area (Å²) in [5, 5.41) is 3.43. The largest absolute Gasteiger partial charge is 0.325 e. The molecule has 150 valence electrons. The van der Waals surface area contributed by atoms with E-state index in [0.717, 1.165) is 16.4 Å². The van der Waals surface area contributed by atoms with Gasteiger partial charge in [-0.05, 0) is 49.2 Å². The van der Waals surface area contributed by atoms with Crippen LogP contribution >= 0.6 is 23.2 Å². The Labute approximate surface area is 171 Å². The first kappa shape index (κ1) is 21.0. The molecule has 10 heteroatoms. The minimum Gasteiger partial charge on any atom is -0.325 e. The summed E-state index contributed by atoms with van der Waals surface area (Å²) < 4.78 is 53.5. The van der Waals surface area contributed by atoms with Gasteiger partial charge in [-0.3, -0.25) is 4.79 Å². The number of nitrogens with zero attached hydrogens (tertiary/aromatic N) is 1. The summed E-state index contributed by atoms with van der Waals surface area (Å²) in [5.41, 5.74) is 0.410. The molecule has 5 nitrogen and oxygen atoms in total. The summed E-state index contributed by atoms with van der Waals surface area (Å²) in [6.07, 6.45) is 0.487. The van der Waals surface area contributed by atoms with Crippen LogP contribution in [0.25, 0.3) is 0 Å². The molecule has 3 rings (SSSR count). The normalized spacial score (nSPS) is 16.1. The zero-order valence-electron chi connectivity index (χ0n) is 14.5. The van der Waals surface area contributed by atoms with Gasteiger partial charge < -0.3 is 5.32 Å². The Kier molecular flexibility index (Phi) is 6.24. The quantitative estimate of drug-likeness (QED) is 0.757. The number of benzene rings is 2. The van der Waals surface area contributed by atoms with Crippen LogP contribution in [-0.4, -0.2) is 31.7 Å². The van der Waals surface area contributed by atoms with Gasteiger partial charge in [0.1, 0.15) is 16.5 Å². The second-order valence-corrected chi connectivity index (χ2v) is 9.12. The van der Waals surface area contributed by atoms with Gasteiger partial charge in [0.25, 0.3) is 0 Å². The van der Waals surface area contributed by atoms with Gasteiger partial charge >= 0.3 is 0 Å². The van der Waals surface area contributed by atoms with E-state index >= 15 is 0 Å². The van der Waals surface area contributed by atoms with Crippen LogP contribution in [-0.2, 0) is 14.8 Å². The van der Waals surface area contributed by atoms with Crippen LogP contribution in [0.3, 0.4) is 0 Å². The fourth-order valence-electron chi connectivity index (χ4n) is 3.00. The number of sulfonamides is 1. The summed E-state index contributed by atoms with van der Waals surface area (Å²) in [6, 6.07) is 6.96. The fraction of sp³-hybridized carbons (Fsp3) is 0.278. The van der Waals surface area contributed by atoms with Crippen LogP contribution < -0.4 is 5.32 Å². The topological polar surface area (TPSA) is 66.5 Å². The Hall–Kier alpha value is -1.74. The Bertz CT molecular complexity index is 1010. The SMILES string of the molecule is O=C(Nc1ccc(Cl)cc1Cl)C1CCN(S(=O)(=O)c2cc(F)ccc2F)CC1. The Morgan fingerprint density at radius 2 is 1.75 bits per heavy atom. The van der Waals surface area contributed by atoms with Crippen molar-refractivity contribution in [3.05, 3.63) is 58.1 Å². The maximum absolute atomic E-state index is 13.9. The molecular formula is C18H16Cl2F2N2O3S. The third kappa shape index (κ3) is 4.46. The number of hydrogen-bond acceptors (Lipinski definition) is 3. The third-order valence-corrected chi connectivity index (χ3v) is 6.99. The van der Waals surface area contributed by atoms with Crippen molar-refractivity contribution in [2.75, 3.05) is 18.4 Å². The number of carbonyl (C=O) groups is 1. The van der Waals surface area contributed by atoms with E-state index in [-0.39, 0.29) is 31.8 Å². The highest BCUT2D eigenvalue weighted by atomic mass is 35.5. The molecule has 0 saturated carbocycles. The number of anilines is 1. The molecule has 0 aromatic heterocycles. The lowest BCUT2D eigenvalue weighted by atomic mass is 9.97. The van der Waals surface area contributed by atoms with Crippen LogP contribution in [0.15, 0.2) is 41.3 Å². The van der Waals surface area contributed by atoms with E-state index in [9.17, 15) is 22.0 Å². The van der Waals surface area contributed by atoms with Gasteiger partial charge in [-0.1, -0.05) is 23.2 Å². The predicted octanol–water partition coefficient (Wildman–Crippen LogP) is 4.31. The highest BCUT2D eigenvalue weighted by molar-refractivity contribution is 7.89. The number of rotatable bonds is 4. The van der Waals surface area contributed by atoms with E-state index in [2.05, 4.69) is 5.32 Å². The lowest BCUT2D eigenvalue weighted by Crippen LogP contribution is -2.41. The predicted molar refractivity (Wildman–Crippen MR) is 103 cm³/mol. The van der Waals surface area contributed by atoms with Crippen LogP contribution in [0.1, 0.15) is 12.8 Å². The second kappa shape index (κ2) is 8.32. The summed E-state index contributed by atoms with van der Waals surface area (Å²) in [7, 11) is -4.18. The molecule has 1 saturated heterocycles. The summed E-state index contributed by atoms with van der Waals surface area (Å²) in [5.74, 6) is -2.58. The van der Waals surface area contributed by atoms with Crippen molar-refractivity contribution in [1.29, 1.82) is 0 Å². The number of halogens is 4. The average molecular weight is 449 g/mol. The van der Waals surface area contributed by atoms with Crippen molar-refractivity contribution in [2.45, 2.75) is 17.7 Å². The molecule has 1 aliphatic rings. The molecule has 2 aromatic rings. The van der Waals surface area contributed by atoms with Gasteiger partial charge in [-0.2, -0.15) is 4.31 Å². The molecule has 1 heterocycles. The lowest BCUT2D eigenvalue weighted by molar-refractivity contribution is -0.120. The summed E-state index contributed by atoms with van der Waals surface area (Å²) >= 11 is 11.9. The molecule has 1 aliphatic heterocycles. The van der Waals surface area contributed by atoms with Crippen molar-refractivity contribution >= 4 is 44.8 Å². The van der Waals surface area contributed by atoms with Gasteiger partial charge in [-0.15, -0.1) is 0 Å². The zero-order valence-corrected chi connectivity index (χ0v) is 16.8. The van der Waals surface area contributed by atoms with E-state index in [1.807, 2.05) is 0 Å². The molecule has 1 amide bonds. The second-order valence-electron chi connectivity index (χ2n) is 6.37. The molecule has 0 aliphatic carbocycles. The van der Waals surface area contributed by atoms with Gasteiger partial charge in [0.05, 0.1) is 10.7 Å². The minimum atomic E-state index is -4.18. The van der Waals surface area contributed by atoms with Crippen molar-refractivity contribution in [3.63, 3.8) is 0 Å². The molecule has 0 atom stereocenters. The van der Waals surface area contributed by atoms with Gasteiger partial charge in [0, 0.05) is 24.0 Å². The lowest BCUT2D eigenvalue weighted by Gasteiger charge is -2.30. The van der Waals surface area contributed by atoms with E-state index in [0.29, 0.717) is 21.8 Å². The van der Waals surface area contributed by atoms with Crippen molar-refractivity contribution in [3.8, 4) is 0 Å². The molecule has 0 unspecified atom stereocenters. The molecule has 0 spiro atoms. The first-order valence-corrected chi connectivity index (χ1v) is 10.6. The van der Waals surface area contributed by atoms with Crippen LogP contribution in [0.2, 0.25) is 10.0 Å². The van der Waals surface area contributed by atoms with Gasteiger partial charge in [0.15, 0.2) is 0 Å². The van der Waals surface area contributed by atoms with Crippen molar-refractivity contribution < 1.29 is 22.0 Å². The first-order valence-electron chi connectivity index (χ1n) is 8.39. The minimum absolute atomic E-state index is 0.0186. The highest BCUT2D eigenvalue weighted by Crippen LogP contribution is 2.29. The van der Waals surface area contributed by atoms with E-state index in [1.54, 1.807) is 12.1 Å². The molecule has 28 heavy (non-hydrogen) atoms. The van der Waals surface area contributed by atoms with Crippen molar-refractivity contribution in [2.24, 2.45) is 5.92 Å². The van der Waals surface area contributed by atoms with Gasteiger partial charge in [0.2, 0.25) is 15.9 Å². The number of amides is 1. The van der Waals surface area contributed by atoms with E-state index in [1.165, 1.54) is 6.07 Å². The smallest absolute Gasteiger partial charge is 0.246 e.